The molecule has 1 N–H and O–H groups in total. The molecular formula is C21H28N2O. The largest absolute Gasteiger partial charge is 0.310 e. The first-order valence-corrected chi connectivity index (χ1v) is 9.55. The van der Waals surface area contributed by atoms with Crippen molar-refractivity contribution < 1.29 is 4.79 Å². The van der Waals surface area contributed by atoms with E-state index < -0.39 is 0 Å². The van der Waals surface area contributed by atoms with Crippen LogP contribution in [0.3, 0.4) is 0 Å². The highest BCUT2D eigenvalue weighted by Crippen LogP contribution is 2.61. The van der Waals surface area contributed by atoms with Gasteiger partial charge in [-0.05, 0) is 80.8 Å². The van der Waals surface area contributed by atoms with E-state index >= 15 is 0 Å². The first-order valence-electron chi connectivity index (χ1n) is 9.55. The van der Waals surface area contributed by atoms with Gasteiger partial charge in [0.05, 0.1) is 0 Å². The maximum atomic E-state index is 12.5. The van der Waals surface area contributed by atoms with Gasteiger partial charge in [0.25, 0.3) is 5.91 Å². The third-order valence-corrected chi connectivity index (χ3v) is 6.35. The second-order valence-electron chi connectivity index (χ2n) is 8.34. The van der Waals surface area contributed by atoms with Crippen LogP contribution in [0.4, 0.5) is 0 Å². The van der Waals surface area contributed by atoms with E-state index in [-0.39, 0.29) is 5.91 Å². The summed E-state index contributed by atoms with van der Waals surface area (Å²) in [6.45, 7) is 2.78. The summed E-state index contributed by atoms with van der Waals surface area (Å²) in [4.78, 5) is 17.2. The van der Waals surface area contributed by atoms with Gasteiger partial charge in [0.15, 0.2) is 0 Å². The quantitative estimate of drug-likeness (QED) is 0.645. The molecule has 0 heterocycles. The Morgan fingerprint density at radius 3 is 2.21 bits per heavy atom. The van der Waals surface area contributed by atoms with Crippen LogP contribution in [0.5, 0.6) is 0 Å². The summed E-state index contributed by atoms with van der Waals surface area (Å²) in [6.07, 6.45) is 9.37. The predicted octanol–water partition coefficient (Wildman–Crippen LogP) is 4.44. The van der Waals surface area contributed by atoms with Crippen LogP contribution >= 0.6 is 0 Å². The van der Waals surface area contributed by atoms with Crippen LogP contribution in [-0.2, 0) is 0 Å². The van der Waals surface area contributed by atoms with Crippen LogP contribution in [0.15, 0.2) is 35.3 Å². The summed E-state index contributed by atoms with van der Waals surface area (Å²) in [5.74, 6) is 3.69. The molecular weight excluding hydrogens is 296 g/mol. The molecule has 0 aliphatic heterocycles. The monoisotopic (exact) mass is 324 g/mol. The number of hydrogen-bond donors (Lipinski definition) is 1. The Morgan fingerprint density at radius 1 is 1.08 bits per heavy atom. The van der Waals surface area contributed by atoms with Crippen molar-refractivity contribution in [3.05, 3.63) is 35.9 Å². The number of nitrogens with one attached hydrogen (secondary N) is 1. The molecule has 0 radical (unpaired) electrons. The molecule has 4 aliphatic rings. The Bertz CT molecular complexity index is 599. The number of carbonyl (C=O) groups is 1. The van der Waals surface area contributed by atoms with Crippen LogP contribution in [0.25, 0.3) is 0 Å². The van der Waals surface area contributed by atoms with Crippen molar-refractivity contribution >= 4 is 11.7 Å². The fourth-order valence-electron chi connectivity index (χ4n) is 5.98. The number of amides is 1. The Labute approximate surface area is 144 Å². The second kappa shape index (κ2) is 6.34. The molecule has 0 spiro atoms. The Morgan fingerprint density at radius 2 is 1.67 bits per heavy atom. The predicted molar refractivity (Wildman–Crippen MR) is 97.1 cm³/mol. The molecule has 4 saturated carbocycles. The van der Waals surface area contributed by atoms with E-state index in [4.69, 9.17) is 0 Å². The molecule has 128 valence electrons. The molecule has 1 amide bonds. The highest BCUT2D eigenvalue weighted by Gasteiger charge is 2.51. The lowest BCUT2D eigenvalue weighted by molar-refractivity contribution is -0.0484. The van der Waals surface area contributed by atoms with Gasteiger partial charge in [-0.2, -0.15) is 0 Å². The van der Waals surface area contributed by atoms with Gasteiger partial charge in [-0.25, -0.2) is 0 Å². The average Bonchev–Trinajstić information content (AvgIpc) is 2.54. The zero-order valence-corrected chi connectivity index (χ0v) is 14.6. The maximum Gasteiger partial charge on any atom is 0.256 e. The van der Waals surface area contributed by atoms with Crippen molar-refractivity contribution in [2.75, 3.05) is 6.54 Å². The van der Waals surface area contributed by atoms with Crippen LogP contribution in [0, 0.1) is 23.2 Å². The van der Waals surface area contributed by atoms with E-state index in [9.17, 15) is 4.79 Å². The first-order chi connectivity index (χ1) is 11.7. The molecule has 5 rings (SSSR count). The summed E-state index contributed by atoms with van der Waals surface area (Å²) >= 11 is 0. The smallest absolute Gasteiger partial charge is 0.256 e. The molecule has 0 saturated heterocycles. The summed E-state index contributed by atoms with van der Waals surface area (Å²) in [5, 5.41) is 3.12. The Kier molecular flexibility index (Phi) is 4.19. The fourth-order valence-corrected chi connectivity index (χ4v) is 5.98. The van der Waals surface area contributed by atoms with Gasteiger partial charge in [0.1, 0.15) is 5.84 Å². The minimum Gasteiger partial charge on any atom is -0.310 e. The van der Waals surface area contributed by atoms with Gasteiger partial charge in [-0.3, -0.25) is 9.79 Å². The minimum absolute atomic E-state index is 0.0208. The van der Waals surface area contributed by atoms with Crippen molar-refractivity contribution in [2.45, 2.75) is 51.9 Å². The van der Waals surface area contributed by atoms with Crippen LogP contribution in [0.1, 0.15) is 62.2 Å². The van der Waals surface area contributed by atoms with Gasteiger partial charge >= 0.3 is 0 Å². The normalized spacial score (nSPS) is 34.4. The summed E-state index contributed by atoms with van der Waals surface area (Å²) < 4.78 is 0. The topological polar surface area (TPSA) is 41.5 Å². The van der Waals surface area contributed by atoms with Crippen molar-refractivity contribution in [1.82, 2.24) is 5.32 Å². The van der Waals surface area contributed by atoms with E-state index in [1.54, 1.807) is 0 Å². The van der Waals surface area contributed by atoms with Gasteiger partial charge in [0.2, 0.25) is 0 Å². The molecule has 3 nitrogen and oxygen atoms in total. The lowest BCUT2D eigenvalue weighted by Crippen LogP contribution is -2.48. The molecule has 1 aromatic rings. The van der Waals surface area contributed by atoms with Crippen LogP contribution < -0.4 is 5.32 Å². The molecule has 24 heavy (non-hydrogen) atoms. The van der Waals surface area contributed by atoms with Crippen molar-refractivity contribution in [3.63, 3.8) is 0 Å². The summed E-state index contributed by atoms with van der Waals surface area (Å²) in [6, 6.07) is 9.48. The van der Waals surface area contributed by atoms with Gasteiger partial charge < -0.3 is 5.32 Å². The molecule has 1 aromatic carbocycles. The SMILES string of the molecule is CCN=C(CC12CC3CC(CC(C3)C1)C2)NC(=O)c1ccccc1. The third kappa shape index (κ3) is 3.13. The molecule has 3 heteroatoms. The maximum absolute atomic E-state index is 12.5. The summed E-state index contributed by atoms with van der Waals surface area (Å²) in [7, 11) is 0. The fraction of sp³-hybridized carbons (Fsp3) is 0.619. The number of hydrogen-bond acceptors (Lipinski definition) is 2. The number of benzene rings is 1. The van der Waals surface area contributed by atoms with Crippen molar-refractivity contribution in [1.29, 1.82) is 0 Å². The van der Waals surface area contributed by atoms with Gasteiger partial charge in [-0.15, -0.1) is 0 Å². The molecule has 4 bridgehead atoms. The third-order valence-electron chi connectivity index (χ3n) is 6.35. The molecule has 0 atom stereocenters. The minimum atomic E-state index is -0.0208. The lowest BCUT2D eigenvalue weighted by atomic mass is 9.49. The number of carbonyl (C=O) groups excluding carboxylic acids is 1. The summed E-state index contributed by atoms with van der Waals surface area (Å²) in [5.41, 5.74) is 1.12. The standard InChI is InChI=1S/C21H28N2O/c1-2-22-19(23-20(24)18-6-4-3-5-7-18)14-21-11-15-8-16(12-21)10-17(9-15)13-21/h3-7,15-17H,2,8-14H2,1H3,(H,22,23,24). The Balaban J connectivity index is 1.48. The molecule has 4 aliphatic carbocycles. The van der Waals surface area contributed by atoms with Gasteiger partial charge in [-0.1, -0.05) is 18.2 Å². The highest BCUT2D eigenvalue weighted by molar-refractivity contribution is 6.06. The van der Waals surface area contributed by atoms with E-state index in [1.807, 2.05) is 37.3 Å². The molecule has 0 unspecified atom stereocenters. The number of nitrogens with zero attached hydrogens (tertiary/aromatic N) is 1. The highest BCUT2D eigenvalue weighted by atomic mass is 16.1. The number of rotatable bonds is 4. The zero-order valence-electron chi connectivity index (χ0n) is 14.6. The van der Waals surface area contributed by atoms with Crippen molar-refractivity contribution in [3.8, 4) is 0 Å². The van der Waals surface area contributed by atoms with Crippen LogP contribution in [-0.4, -0.2) is 18.3 Å². The molecule has 4 fully saturated rings. The van der Waals surface area contributed by atoms with E-state index in [1.165, 1.54) is 38.5 Å². The van der Waals surface area contributed by atoms with E-state index in [0.717, 1.165) is 36.6 Å². The van der Waals surface area contributed by atoms with Gasteiger partial charge in [0, 0.05) is 18.5 Å². The zero-order chi connectivity index (χ0) is 16.6. The van der Waals surface area contributed by atoms with Crippen molar-refractivity contribution in [2.24, 2.45) is 28.2 Å². The van der Waals surface area contributed by atoms with E-state index in [0.29, 0.717) is 11.0 Å². The molecule has 0 aromatic heterocycles. The average molecular weight is 324 g/mol. The number of aliphatic imine (C=N–C) groups is 1. The van der Waals surface area contributed by atoms with E-state index in [2.05, 4.69) is 10.3 Å². The number of amidine groups is 1. The second-order valence-corrected chi connectivity index (χ2v) is 8.34. The lowest BCUT2D eigenvalue weighted by Gasteiger charge is -2.57. The Hall–Kier alpha value is -1.64. The first kappa shape index (κ1) is 15.9. The van der Waals surface area contributed by atoms with Crippen LogP contribution in [0.2, 0.25) is 0 Å².